The van der Waals surface area contributed by atoms with E-state index in [9.17, 15) is 0 Å². The average Bonchev–Trinajstić information content (AvgIpc) is 3.80. The number of rotatable bonds is 12. The summed E-state index contributed by atoms with van der Waals surface area (Å²) in [5.41, 5.74) is 0. The largest absolute Gasteiger partial charge is 0.370 e. The molecule has 0 aromatic carbocycles. The van der Waals surface area contributed by atoms with Gasteiger partial charge in [0.25, 0.3) is 0 Å². The molecule has 0 unspecified atom stereocenters. The Balaban J connectivity index is 0.984. The lowest BCUT2D eigenvalue weighted by molar-refractivity contribution is 0.718. The van der Waals surface area contributed by atoms with Gasteiger partial charge in [0.1, 0.15) is 23.3 Å². The third-order valence-corrected chi connectivity index (χ3v) is 8.51. The molecule has 0 radical (unpaired) electrons. The van der Waals surface area contributed by atoms with Crippen LogP contribution in [0.15, 0.2) is 12.1 Å². The summed E-state index contributed by atoms with van der Waals surface area (Å²) in [5, 5.41) is 7.20. The maximum atomic E-state index is 4.93. The fraction of sp³-hybridized carbons (Fsp3) is 0.724. The van der Waals surface area contributed by atoms with Crippen LogP contribution in [0, 0.1) is 0 Å². The molecule has 0 saturated carbocycles. The van der Waals surface area contributed by atoms with Gasteiger partial charge in [0, 0.05) is 77.6 Å². The molecule has 4 saturated heterocycles. The highest BCUT2D eigenvalue weighted by Gasteiger charge is 2.22. The Bertz CT molecular complexity index is 902. The minimum atomic E-state index is 0.898. The van der Waals surface area contributed by atoms with Crippen molar-refractivity contribution in [3.8, 4) is 0 Å². The lowest BCUT2D eigenvalue weighted by atomic mass is 10.2. The van der Waals surface area contributed by atoms with Crippen molar-refractivity contribution in [2.24, 2.45) is 0 Å². The SMILES string of the molecule is c1c(NCCCCCNc2cc(N3CCCC3)nc(N3CCCC3)n2)nc(N2CCCC2)nc1N1CCCC1. The maximum absolute atomic E-state index is 4.93. The van der Waals surface area contributed by atoms with Crippen molar-refractivity contribution in [1.29, 1.82) is 0 Å². The van der Waals surface area contributed by atoms with E-state index in [-0.39, 0.29) is 0 Å². The summed E-state index contributed by atoms with van der Waals surface area (Å²) in [6, 6.07) is 4.30. The molecule has 6 heterocycles. The van der Waals surface area contributed by atoms with Crippen LogP contribution in [0.2, 0.25) is 0 Å². The molecule has 0 spiro atoms. The zero-order valence-corrected chi connectivity index (χ0v) is 23.6. The van der Waals surface area contributed by atoms with Gasteiger partial charge in [-0.05, 0) is 70.6 Å². The first-order chi connectivity index (χ1) is 19.3. The van der Waals surface area contributed by atoms with Gasteiger partial charge in [0.15, 0.2) is 0 Å². The van der Waals surface area contributed by atoms with E-state index in [1.54, 1.807) is 0 Å². The van der Waals surface area contributed by atoms with E-state index in [0.29, 0.717) is 0 Å². The smallest absolute Gasteiger partial charge is 0.229 e. The van der Waals surface area contributed by atoms with Gasteiger partial charge in [-0.25, -0.2) is 0 Å². The molecule has 39 heavy (non-hydrogen) atoms. The van der Waals surface area contributed by atoms with Crippen molar-refractivity contribution >= 4 is 35.2 Å². The quantitative estimate of drug-likeness (QED) is 0.383. The van der Waals surface area contributed by atoms with Crippen LogP contribution in [0.4, 0.5) is 35.2 Å². The fourth-order valence-electron chi connectivity index (χ4n) is 6.22. The van der Waals surface area contributed by atoms with Crippen LogP contribution >= 0.6 is 0 Å². The van der Waals surface area contributed by atoms with E-state index < -0.39 is 0 Å². The van der Waals surface area contributed by atoms with E-state index in [4.69, 9.17) is 19.9 Å². The van der Waals surface area contributed by atoms with Gasteiger partial charge in [-0.2, -0.15) is 19.9 Å². The zero-order chi connectivity index (χ0) is 26.3. The number of hydrogen-bond donors (Lipinski definition) is 2. The molecule has 4 aliphatic rings. The molecular formula is C29H46N10. The third kappa shape index (κ3) is 6.76. The highest BCUT2D eigenvalue weighted by molar-refractivity contribution is 5.56. The molecule has 2 aromatic heterocycles. The number of anilines is 6. The molecule has 0 atom stereocenters. The average molecular weight is 535 g/mol. The summed E-state index contributed by atoms with van der Waals surface area (Å²) >= 11 is 0. The number of hydrogen-bond acceptors (Lipinski definition) is 10. The van der Waals surface area contributed by atoms with Crippen LogP contribution < -0.4 is 30.2 Å². The second kappa shape index (κ2) is 12.9. The Morgan fingerprint density at radius 3 is 1.21 bits per heavy atom. The van der Waals surface area contributed by atoms with Crippen LogP contribution in [0.1, 0.15) is 70.6 Å². The summed E-state index contributed by atoms with van der Waals surface area (Å²) in [7, 11) is 0. The van der Waals surface area contributed by atoms with E-state index in [1.165, 1.54) is 51.4 Å². The number of nitrogens with one attached hydrogen (secondary N) is 2. The zero-order valence-electron chi connectivity index (χ0n) is 23.6. The number of aromatic nitrogens is 4. The monoisotopic (exact) mass is 534 g/mol. The Kier molecular flexibility index (Phi) is 8.65. The van der Waals surface area contributed by atoms with E-state index in [2.05, 4.69) is 42.4 Å². The fourth-order valence-corrected chi connectivity index (χ4v) is 6.22. The van der Waals surface area contributed by atoms with Gasteiger partial charge in [-0.15, -0.1) is 0 Å². The molecule has 2 aromatic rings. The maximum Gasteiger partial charge on any atom is 0.229 e. The van der Waals surface area contributed by atoms with Crippen molar-refractivity contribution < 1.29 is 0 Å². The second-order valence-corrected chi connectivity index (χ2v) is 11.5. The van der Waals surface area contributed by atoms with E-state index in [1.807, 2.05) is 0 Å². The lowest BCUT2D eigenvalue weighted by Gasteiger charge is -2.22. The van der Waals surface area contributed by atoms with Gasteiger partial charge in [-0.3, -0.25) is 0 Å². The molecule has 4 aliphatic heterocycles. The lowest BCUT2D eigenvalue weighted by Crippen LogP contribution is -2.25. The van der Waals surface area contributed by atoms with Crippen LogP contribution in [0.3, 0.4) is 0 Å². The third-order valence-electron chi connectivity index (χ3n) is 8.51. The Labute approximate surface area is 233 Å². The summed E-state index contributed by atoms with van der Waals surface area (Å²) in [6.45, 7) is 10.6. The van der Waals surface area contributed by atoms with Gasteiger partial charge in [-0.1, -0.05) is 0 Å². The molecule has 212 valence electrons. The summed E-state index contributed by atoms with van der Waals surface area (Å²) < 4.78 is 0. The summed E-state index contributed by atoms with van der Waals surface area (Å²) in [5.74, 6) is 5.91. The van der Waals surface area contributed by atoms with Gasteiger partial charge in [0.05, 0.1) is 0 Å². The topological polar surface area (TPSA) is 88.6 Å². The molecule has 4 fully saturated rings. The molecule has 10 nitrogen and oxygen atoms in total. The van der Waals surface area contributed by atoms with Crippen molar-refractivity contribution in [3.05, 3.63) is 12.1 Å². The number of unbranched alkanes of at least 4 members (excludes halogenated alkanes) is 2. The first-order valence-corrected chi connectivity index (χ1v) is 15.6. The minimum Gasteiger partial charge on any atom is -0.370 e. The molecular weight excluding hydrogens is 488 g/mol. The van der Waals surface area contributed by atoms with Gasteiger partial charge in [0.2, 0.25) is 11.9 Å². The van der Waals surface area contributed by atoms with Crippen LogP contribution in [0.25, 0.3) is 0 Å². The molecule has 0 aliphatic carbocycles. The van der Waals surface area contributed by atoms with Crippen LogP contribution in [-0.4, -0.2) is 85.4 Å². The number of nitrogens with zero attached hydrogens (tertiary/aromatic N) is 8. The Hall–Kier alpha value is -3.04. The normalized spacial score (nSPS) is 19.5. The minimum absolute atomic E-state index is 0.898. The van der Waals surface area contributed by atoms with Crippen LogP contribution in [-0.2, 0) is 0 Å². The van der Waals surface area contributed by atoms with Gasteiger partial charge >= 0.3 is 0 Å². The van der Waals surface area contributed by atoms with Crippen molar-refractivity contribution in [3.63, 3.8) is 0 Å². The van der Waals surface area contributed by atoms with Crippen LogP contribution in [0.5, 0.6) is 0 Å². The molecule has 0 bridgehead atoms. The van der Waals surface area contributed by atoms with Gasteiger partial charge < -0.3 is 30.2 Å². The second-order valence-electron chi connectivity index (χ2n) is 11.5. The van der Waals surface area contributed by atoms with E-state index >= 15 is 0 Å². The van der Waals surface area contributed by atoms with Crippen molar-refractivity contribution in [2.75, 3.05) is 95.7 Å². The first kappa shape index (κ1) is 26.2. The Morgan fingerprint density at radius 2 is 0.821 bits per heavy atom. The first-order valence-electron chi connectivity index (χ1n) is 15.6. The van der Waals surface area contributed by atoms with Crippen molar-refractivity contribution in [2.45, 2.75) is 70.6 Å². The summed E-state index contributed by atoms with van der Waals surface area (Å²) in [6.07, 6.45) is 13.4. The highest BCUT2D eigenvalue weighted by Crippen LogP contribution is 2.27. The molecule has 0 amide bonds. The summed E-state index contributed by atoms with van der Waals surface area (Å²) in [4.78, 5) is 29.1. The predicted molar refractivity (Wildman–Crippen MR) is 161 cm³/mol. The van der Waals surface area contributed by atoms with E-state index in [0.717, 1.165) is 120 Å². The Morgan fingerprint density at radius 1 is 0.462 bits per heavy atom. The predicted octanol–water partition coefficient (Wildman–Crippen LogP) is 4.36. The molecule has 2 N–H and O–H groups in total. The molecule has 10 heteroatoms. The standard InChI is InChI=1S/C29H46N10/c1(2-12-30-24-22-26(36-14-4-5-15-36)34-28(32-24)38-18-8-9-19-38)3-13-31-25-23-27(37-16-6-7-17-37)35-29(33-25)39-20-10-11-21-39/h22-23H,1-21H2,(H,30,32,34)(H,31,33,35). The van der Waals surface area contributed by atoms with Crippen molar-refractivity contribution in [1.82, 2.24) is 19.9 Å². The highest BCUT2D eigenvalue weighted by atomic mass is 15.3. The molecule has 6 rings (SSSR count).